The first-order chi connectivity index (χ1) is 13.5. The molecule has 2 aromatic carbocycles. The van der Waals surface area contributed by atoms with Gasteiger partial charge in [-0.25, -0.2) is 4.39 Å². The summed E-state index contributed by atoms with van der Waals surface area (Å²) in [6.45, 7) is 6.12. The highest BCUT2D eigenvalue weighted by Crippen LogP contribution is 2.27. The number of carbonyl (C=O) groups is 1. The maximum absolute atomic E-state index is 14.1. The van der Waals surface area contributed by atoms with Gasteiger partial charge in [0.25, 0.3) is 0 Å². The SMILES string of the molecule is C=CCn1c(SCC(=O)Nc2ccc(C)cc2Br)nnc1-c1ccccc1F. The summed E-state index contributed by atoms with van der Waals surface area (Å²) in [5, 5.41) is 11.6. The minimum absolute atomic E-state index is 0.146. The lowest BCUT2D eigenvalue weighted by Crippen LogP contribution is -2.15. The van der Waals surface area contributed by atoms with E-state index in [0.29, 0.717) is 28.8 Å². The highest BCUT2D eigenvalue weighted by atomic mass is 79.9. The predicted octanol–water partition coefficient (Wildman–Crippen LogP) is 5.07. The van der Waals surface area contributed by atoms with Gasteiger partial charge in [-0.05, 0) is 52.7 Å². The second-order valence-corrected chi connectivity index (χ2v) is 7.80. The van der Waals surface area contributed by atoms with E-state index in [1.54, 1.807) is 28.8 Å². The molecule has 0 aliphatic rings. The molecule has 3 rings (SSSR count). The van der Waals surface area contributed by atoms with Crippen molar-refractivity contribution in [3.05, 3.63) is 71.0 Å². The third-order valence-electron chi connectivity index (χ3n) is 3.87. The van der Waals surface area contributed by atoms with E-state index in [1.807, 2.05) is 25.1 Å². The van der Waals surface area contributed by atoms with Crippen molar-refractivity contribution < 1.29 is 9.18 Å². The molecular formula is C20H18BrFN4OS. The first kappa shape index (κ1) is 20.3. The second-order valence-electron chi connectivity index (χ2n) is 6.01. The van der Waals surface area contributed by atoms with E-state index in [2.05, 4.69) is 38.0 Å². The molecule has 1 heterocycles. The Kier molecular flexibility index (Phi) is 6.64. The average molecular weight is 461 g/mol. The van der Waals surface area contributed by atoms with Crippen molar-refractivity contribution in [1.29, 1.82) is 0 Å². The van der Waals surface area contributed by atoms with Gasteiger partial charge in [0.15, 0.2) is 11.0 Å². The van der Waals surface area contributed by atoms with Crippen LogP contribution in [0.15, 0.2) is 64.7 Å². The number of thioether (sulfide) groups is 1. The van der Waals surface area contributed by atoms with Gasteiger partial charge in [0, 0.05) is 11.0 Å². The Morgan fingerprint density at radius 3 is 2.82 bits per heavy atom. The van der Waals surface area contributed by atoms with Crippen molar-refractivity contribution in [2.24, 2.45) is 0 Å². The largest absolute Gasteiger partial charge is 0.324 e. The first-order valence-corrected chi connectivity index (χ1v) is 10.2. The number of nitrogens with one attached hydrogen (secondary N) is 1. The number of amides is 1. The Bertz CT molecular complexity index is 1020. The van der Waals surface area contributed by atoms with E-state index in [9.17, 15) is 9.18 Å². The molecular weight excluding hydrogens is 443 g/mol. The Hall–Kier alpha value is -2.45. The molecule has 0 saturated carbocycles. The Labute approximate surface area is 175 Å². The summed E-state index contributed by atoms with van der Waals surface area (Å²) >= 11 is 4.68. The summed E-state index contributed by atoms with van der Waals surface area (Å²) < 4.78 is 16.7. The van der Waals surface area contributed by atoms with Crippen LogP contribution < -0.4 is 5.32 Å². The van der Waals surface area contributed by atoms with Crippen molar-refractivity contribution in [3.63, 3.8) is 0 Å². The van der Waals surface area contributed by atoms with Crippen LogP contribution in [0, 0.1) is 12.7 Å². The molecule has 1 amide bonds. The van der Waals surface area contributed by atoms with Crippen LogP contribution in [-0.2, 0) is 11.3 Å². The van der Waals surface area contributed by atoms with Gasteiger partial charge in [-0.1, -0.05) is 36.0 Å². The molecule has 0 unspecified atom stereocenters. The number of rotatable bonds is 7. The highest BCUT2D eigenvalue weighted by Gasteiger charge is 2.17. The molecule has 0 spiro atoms. The summed E-state index contributed by atoms with van der Waals surface area (Å²) in [6.07, 6.45) is 1.68. The highest BCUT2D eigenvalue weighted by molar-refractivity contribution is 9.10. The van der Waals surface area contributed by atoms with Gasteiger partial charge in [-0.3, -0.25) is 9.36 Å². The topological polar surface area (TPSA) is 59.8 Å². The Morgan fingerprint density at radius 1 is 1.32 bits per heavy atom. The molecule has 0 aliphatic heterocycles. The minimum atomic E-state index is -0.376. The molecule has 5 nitrogen and oxygen atoms in total. The van der Waals surface area contributed by atoms with Crippen LogP contribution in [0.2, 0.25) is 0 Å². The maximum Gasteiger partial charge on any atom is 0.234 e. The predicted molar refractivity (Wildman–Crippen MR) is 114 cm³/mol. The van der Waals surface area contributed by atoms with Crippen LogP contribution >= 0.6 is 27.7 Å². The van der Waals surface area contributed by atoms with E-state index >= 15 is 0 Å². The van der Waals surface area contributed by atoms with E-state index in [-0.39, 0.29) is 17.5 Å². The molecule has 0 bridgehead atoms. The molecule has 0 saturated heterocycles. The number of benzene rings is 2. The second kappa shape index (κ2) is 9.16. The fourth-order valence-corrected chi connectivity index (χ4v) is 3.91. The molecule has 0 radical (unpaired) electrons. The summed E-state index contributed by atoms with van der Waals surface area (Å²) in [6, 6.07) is 12.1. The monoisotopic (exact) mass is 460 g/mol. The molecule has 0 fully saturated rings. The molecule has 3 aromatic rings. The number of allylic oxidation sites excluding steroid dienone is 1. The zero-order valence-electron chi connectivity index (χ0n) is 15.2. The molecule has 0 atom stereocenters. The lowest BCUT2D eigenvalue weighted by Gasteiger charge is -2.09. The molecule has 8 heteroatoms. The van der Waals surface area contributed by atoms with Crippen LogP contribution in [0.4, 0.5) is 10.1 Å². The first-order valence-electron chi connectivity index (χ1n) is 8.47. The normalized spacial score (nSPS) is 10.7. The third kappa shape index (κ3) is 4.69. The van der Waals surface area contributed by atoms with Crippen molar-refractivity contribution in [1.82, 2.24) is 14.8 Å². The molecule has 1 N–H and O–H groups in total. The van der Waals surface area contributed by atoms with Crippen LogP contribution in [0.3, 0.4) is 0 Å². The zero-order chi connectivity index (χ0) is 20.1. The quantitative estimate of drug-likeness (QED) is 0.394. The standard InChI is InChI=1S/C20H18BrFN4OS/c1-3-10-26-19(14-6-4-5-7-16(14)22)24-25-20(26)28-12-18(27)23-17-9-8-13(2)11-15(17)21/h3-9,11H,1,10,12H2,2H3,(H,23,27). The van der Waals surface area contributed by atoms with Crippen molar-refractivity contribution in [3.8, 4) is 11.4 Å². The number of carbonyl (C=O) groups excluding carboxylic acids is 1. The summed E-state index contributed by atoms with van der Waals surface area (Å²) in [5.74, 6) is 0.00316. The Balaban J connectivity index is 1.74. The summed E-state index contributed by atoms with van der Waals surface area (Å²) in [4.78, 5) is 12.3. The fraction of sp³-hybridized carbons (Fsp3) is 0.150. The molecule has 144 valence electrons. The van der Waals surface area contributed by atoms with Crippen molar-refractivity contribution in [2.75, 3.05) is 11.1 Å². The smallest absolute Gasteiger partial charge is 0.234 e. The minimum Gasteiger partial charge on any atom is -0.324 e. The number of aromatic nitrogens is 3. The van der Waals surface area contributed by atoms with E-state index in [1.165, 1.54) is 17.8 Å². The van der Waals surface area contributed by atoms with E-state index in [4.69, 9.17) is 0 Å². The van der Waals surface area contributed by atoms with Gasteiger partial charge in [0.1, 0.15) is 5.82 Å². The molecule has 0 aliphatic carbocycles. The Morgan fingerprint density at radius 2 is 2.11 bits per heavy atom. The number of aryl methyl sites for hydroxylation is 1. The van der Waals surface area contributed by atoms with Crippen LogP contribution in [0.1, 0.15) is 5.56 Å². The number of nitrogens with zero attached hydrogens (tertiary/aromatic N) is 3. The molecule has 28 heavy (non-hydrogen) atoms. The maximum atomic E-state index is 14.1. The third-order valence-corrected chi connectivity index (χ3v) is 5.50. The number of halogens is 2. The lowest BCUT2D eigenvalue weighted by atomic mass is 10.2. The molecule has 1 aromatic heterocycles. The van der Waals surface area contributed by atoms with Crippen LogP contribution in [-0.4, -0.2) is 26.4 Å². The fourth-order valence-electron chi connectivity index (χ4n) is 2.57. The van der Waals surface area contributed by atoms with E-state index < -0.39 is 0 Å². The average Bonchev–Trinajstić information content (AvgIpc) is 3.06. The summed E-state index contributed by atoms with van der Waals surface area (Å²) in [5.41, 5.74) is 2.16. The van der Waals surface area contributed by atoms with Gasteiger partial charge >= 0.3 is 0 Å². The van der Waals surface area contributed by atoms with Gasteiger partial charge in [-0.2, -0.15) is 0 Å². The lowest BCUT2D eigenvalue weighted by molar-refractivity contribution is -0.113. The number of hydrogen-bond donors (Lipinski definition) is 1. The van der Waals surface area contributed by atoms with Gasteiger partial charge in [0.2, 0.25) is 5.91 Å². The van der Waals surface area contributed by atoms with Gasteiger partial charge in [0.05, 0.1) is 17.0 Å². The number of anilines is 1. The summed E-state index contributed by atoms with van der Waals surface area (Å²) in [7, 11) is 0. The number of hydrogen-bond acceptors (Lipinski definition) is 4. The van der Waals surface area contributed by atoms with E-state index in [0.717, 1.165) is 10.0 Å². The van der Waals surface area contributed by atoms with Crippen LogP contribution in [0.25, 0.3) is 11.4 Å². The zero-order valence-corrected chi connectivity index (χ0v) is 17.6. The van der Waals surface area contributed by atoms with Gasteiger partial charge < -0.3 is 5.32 Å². The van der Waals surface area contributed by atoms with Gasteiger partial charge in [-0.15, -0.1) is 16.8 Å². The van der Waals surface area contributed by atoms with Crippen molar-refractivity contribution in [2.45, 2.75) is 18.6 Å². The van der Waals surface area contributed by atoms with Crippen LogP contribution in [0.5, 0.6) is 0 Å². The van der Waals surface area contributed by atoms with Crippen molar-refractivity contribution >= 4 is 39.3 Å².